The molecule has 0 radical (unpaired) electrons. The summed E-state index contributed by atoms with van der Waals surface area (Å²) >= 11 is 0. The molecule has 0 aromatic carbocycles. The number of carbonyl (C=O) groups excluding carboxylic acids is 1. The molecule has 2 N–H and O–H groups in total. The summed E-state index contributed by atoms with van der Waals surface area (Å²) < 4.78 is 80.5. The maximum atomic E-state index is 11.5. The topological polar surface area (TPSA) is 139 Å². The Hall–Kier alpha value is -3.18. The summed E-state index contributed by atoms with van der Waals surface area (Å²) in [6.07, 6.45) is -5.28. The van der Waals surface area contributed by atoms with Gasteiger partial charge in [0.15, 0.2) is 0 Å². The fourth-order valence-electron chi connectivity index (χ4n) is 3.98. The number of nitrogens with zero attached hydrogens (tertiary/aromatic N) is 3. The second-order valence-corrected chi connectivity index (χ2v) is 9.44. The number of amides is 1. The van der Waals surface area contributed by atoms with Crippen molar-refractivity contribution < 1.29 is 65.1 Å². The van der Waals surface area contributed by atoms with E-state index < -0.39 is 24.3 Å². The van der Waals surface area contributed by atoms with E-state index in [2.05, 4.69) is 16.0 Å². The highest BCUT2D eigenvalue weighted by atomic mass is 19.4. The maximum Gasteiger partial charge on any atom is 0.490 e. The second kappa shape index (κ2) is 15.7. The predicted molar refractivity (Wildman–Crippen MR) is 129 cm³/mol. The monoisotopic (exact) mass is 605 g/mol. The summed E-state index contributed by atoms with van der Waals surface area (Å²) in [6, 6.07) is 4.01. The van der Waals surface area contributed by atoms with Crippen LogP contribution in [0, 0.1) is 5.92 Å². The van der Waals surface area contributed by atoms with Crippen molar-refractivity contribution in [3.63, 3.8) is 0 Å². The van der Waals surface area contributed by atoms with Crippen molar-refractivity contribution in [1.29, 1.82) is 0 Å². The van der Waals surface area contributed by atoms with E-state index >= 15 is 0 Å². The summed E-state index contributed by atoms with van der Waals surface area (Å²) in [7, 11) is 5.15. The van der Waals surface area contributed by atoms with Crippen molar-refractivity contribution in [3.8, 4) is 5.88 Å². The predicted octanol–water partition coefficient (Wildman–Crippen LogP) is 2.83. The minimum absolute atomic E-state index is 0.0129. The fraction of sp³-hybridized carbons (Fsp3) is 0.667. The number of carboxylic acids is 2. The van der Waals surface area contributed by atoms with Gasteiger partial charge in [0.25, 0.3) is 0 Å². The number of pyridine rings is 1. The number of ether oxygens (including phenoxy) is 3. The van der Waals surface area contributed by atoms with Crippen molar-refractivity contribution in [3.05, 3.63) is 23.9 Å². The molecule has 1 aromatic heterocycles. The fourth-order valence-corrected chi connectivity index (χ4v) is 3.98. The Kier molecular flexibility index (Phi) is 13.7. The number of alkyl halides is 6. The number of hydrogen-bond donors (Lipinski definition) is 2. The quantitative estimate of drug-likeness (QED) is 0.336. The molecule has 0 bridgehead atoms. The van der Waals surface area contributed by atoms with Crippen LogP contribution >= 0.6 is 0 Å². The lowest BCUT2D eigenvalue weighted by molar-refractivity contribution is -0.193. The maximum absolute atomic E-state index is 11.5. The van der Waals surface area contributed by atoms with Gasteiger partial charge in [-0.05, 0) is 31.2 Å². The number of hydrogen-bond acceptors (Lipinski definition) is 8. The highest BCUT2D eigenvalue weighted by molar-refractivity contribution is 5.76. The summed E-state index contributed by atoms with van der Waals surface area (Å²) in [5, 5.41) is 14.2. The Morgan fingerprint density at radius 1 is 1.12 bits per heavy atom. The van der Waals surface area contributed by atoms with Crippen LogP contribution in [0.3, 0.4) is 0 Å². The molecule has 3 rings (SSSR count). The molecule has 2 aliphatic rings. The summed E-state index contributed by atoms with van der Waals surface area (Å²) in [5.74, 6) is -4.20. The first-order valence-electron chi connectivity index (χ1n) is 12.1. The van der Waals surface area contributed by atoms with Crippen LogP contribution in [0.15, 0.2) is 18.3 Å². The number of aliphatic carboxylic acids is 2. The Morgan fingerprint density at radius 3 is 2.17 bits per heavy atom. The molecule has 3 heterocycles. The zero-order chi connectivity index (χ0) is 31.4. The first kappa shape index (κ1) is 35.8. The molecule has 41 heavy (non-hydrogen) atoms. The average molecular weight is 606 g/mol. The van der Waals surface area contributed by atoms with E-state index in [0.717, 1.165) is 51.1 Å². The molecule has 234 valence electrons. The third-order valence-electron chi connectivity index (χ3n) is 5.94. The average Bonchev–Trinajstić information content (AvgIpc) is 2.85. The van der Waals surface area contributed by atoms with Crippen molar-refractivity contribution in [2.75, 3.05) is 54.1 Å². The van der Waals surface area contributed by atoms with Gasteiger partial charge in [-0.3, -0.25) is 9.69 Å². The molecule has 17 heteroatoms. The molecule has 1 unspecified atom stereocenters. The van der Waals surface area contributed by atoms with Crippen molar-refractivity contribution in [1.82, 2.24) is 14.8 Å². The molecule has 1 spiro atoms. The molecule has 1 atom stereocenters. The Bertz CT molecular complexity index is 976. The standard InChI is InChI=1S/C20H31N3O4.2C2HF3O2/c1-22(2)18(24)13-26-9-6-16-7-10-27-20(11-16)14-23(15-20)12-17-5-4-8-21-19(17)25-3;2*3-2(4,5)1(6)7/h4-5,8,16H,6-7,9-15H2,1-3H3;2*(H,6,7). The van der Waals surface area contributed by atoms with E-state index in [4.69, 9.17) is 34.0 Å². The summed E-state index contributed by atoms with van der Waals surface area (Å²) in [4.78, 5) is 37.5. The van der Waals surface area contributed by atoms with E-state index in [1.807, 2.05) is 6.07 Å². The molecule has 11 nitrogen and oxygen atoms in total. The van der Waals surface area contributed by atoms with Gasteiger partial charge in [0, 0.05) is 58.7 Å². The number of rotatable bonds is 8. The van der Waals surface area contributed by atoms with Gasteiger partial charge >= 0.3 is 24.3 Å². The number of carbonyl (C=O) groups is 3. The Labute approximate surface area is 232 Å². The molecule has 2 saturated heterocycles. The van der Waals surface area contributed by atoms with Crippen molar-refractivity contribution in [2.24, 2.45) is 5.92 Å². The molecule has 1 amide bonds. The van der Waals surface area contributed by atoms with Gasteiger partial charge in [0.1, 0.15) is 6.61 Å². The van der Waals surface area contributed by atoms with Crippen molar-refractivity contribution >= 4 is 17.8 Å². The third kappa shape index (κ3) is 12.9. The number of aromatic nitrogens is 1. The summed E-state index contributed by atoms with van der Waals surface area (Å²) in [5.41, 5.74) is 1.10. The van der Waals surface area contributed by atoms with Crippen LogP contribution < -0.4 is 4.74 Å². The van der Waals surface area contributed by atoms with Crippen LogP contribution in [0.5, 0.6) is 5.88 Å². The third-order valence-corrected chi connectivity index (χ3v) is 5.94. The van der Waals surface area contributed by atoms with Gasteiger partial charge in [-0.15, -0.1) is 0 Å². The molecule has 0 aliphatic carbocycles. The van der Waals surface area contributed by atoms with Crippen LogP contribution in [-0.4, -0.2) is 115 Å². The van der Waals surface area contributed by atoms with Crippen LogP contribution in [0.25, 0.3) is 0 Å². The largest absolute Gasteiger partial charge is 0.490 e. The molecular formula is C24H33F6N3O8. The van der Waals surface area contributed by atoms with Gasteiger partial charge < -0.3 is 29.3 Å². The van der Waals surface area contributed by atoms with E-state index in [1.165, 1.54) is 0 Å². The van der Waals surface area contributed by atoms with E-state index in [-0.39, 0.29) is 18.1 Å². The SMILES string of the molecule is COc1ncccc1CN1CC2(CC(CCOCC(=O)N(C)C)CCO2)C1.O=C(O)C(F)(F)F.O=C(O)C(F)(F)F. The Balaban J connectivity index is 0.000000497. The lowest BCUT2D eigenvalue weighted by atomic mass is 9.79. The van der Waals surface area contributed by atoms with Gasteiger partial charge in [-0.25, -0.2) is 14.6 Å². The molecule has 2 aliphatic heterocycles. The van der Waals surface area contributed by atoms with E-state index in [1.54, 1.807) is 32.3 Å². The van der Waals surface area contributed by atoms with Crippen LogP contribution in [0.2, 0.25) is 0 Å². The molecule has 2 fully saturated rings. The number of halogens is 6. The first-order valence-corrected chi connectivity index (χ1v) is 12.1. The van der Waals surface area contributed by atoms with Gasteiger partial charge in [0.2, 0.25) is 11.8 Å². The minimum atomic E-state index is -5.08. The second-order valence-electron chi connectivity index (χ2n) is 9.44. The highest BCUT2D eigenvalue weighted by Gasteiger charge is 2.47. The normalized spacial score (nSPS) is 18.1. The van der Waals surface area contributed by atoms with E-state index in [9.17, 15) is 31.1 Å². The molecular weight excluding hydrogens is 572 g/mol. The zero-order valence-corrected chi connectivity index (χ0v) is 22.6. The lowest BCUT2D eigenvalue weighted by Crippen LogP contribution is -2.64. The number of likely N-dealkylation sites (N-methyl/N-ethyl adjacent to an activating group) is 1. The van der Waals surface area contributed by atoms with Crippen LogP contribution in [0.4, 0.5) is 26.3 Å². The molecule has 0 saturated carbocycles. The lowest BCUT2D eigenvalue weighted by Gasteiger charge is -2.53. The van der Waals surface area contributed by atoms with Crippen LogP contribution in [-0.2, 0) is 30.4 Å². The number of carboxylic acid groups (broad SMARTS) is 2. The zero-order valence-electron chi connectivity index (χ0n) is 22.6. The molecule has 1 aromatic rings. The van der Waals surface area contributed by atoms with Crippen molar-refractivity contribution in [2.45, 2.75) is 43.8 Å². The Morgan fingerprint density at radius 2 is 1.68 bits per heavy atom. The van der Waals surface area contributed by atoms with Gasteiger partial charge in [-0.2, -0.15) is 26.3 Å². The minimum Gasteiger partial charge on any atom is -0.481 e. The smallest absolute Gasteiger partial charge is 0.481 e. The van der Waals surface area contributed by atoms with Gasteiger partial charge in [0.05, 0.1) is 12.7 Å². The highest BCUT2D eigenvalue weighted by Crippen LogP contribution is 2.39. The summed E-state index contributed by atoms with van der Waals surface area (Å²) in [6.45, 7) is 4.34. The van der Waals surface area contributed by atoms with Crippen LogP contribution in [0.1, 0.15) is 24.8 Å². The number of likely N-dealkylation sites (tertiary alicyclic amines) is 1. The first-order chi connectivity index (χ1) is 18.9. The number of methoxy groups -OCH3 is 1. The van der Waals surface area contributed by atoms with Gasteiger partial charge in [-0.1, -0.05) is 6.07 Å². The van der Waals surface area contributed by atoms with E-state index in [0.29, 0.717) is 18.4 Å².